The van der Waals surface area contributed by atoms with E-state index in [1.807, 2.05) is 13.8 Å². The molecule has 3 fully saturated rings. The minimum Gasteiger partial charge on any atom is -0.444 e. The van der Waals surface area contributed by atoms with E-state index in [0.717, 1.165) is 25.5 Å². The number of fused-ring (bicyclic) bond motifs is 1. The van der Waals surface area contributed by atoms with E-state index in [2.05, 4.69) is 31.2 Å². The molecule has 2 aromatic rings. The SMILES string of the molecule is CC(C)NC(=O)[C@H]1CCC[C@@]12CC21NC1c1nc(Nc2ccc(NC(=O)OC(C)(C)C)cc2)ncc1C(F)(F)F. The third-order valence-electron chi connectivity index (χ3n) is 7.88. The Morgan fingerprint density at radius 1 is 1.12 bits per heavy atom. The van der Waals surface area contributed by atoms with Crippen LogP contribution in [0.4, 0.5) is 35.3 Å². The second-order valence-corrected chi connectivity index (χ2v) is 12.3. The Morgan fingerprint density at radius 3 is 2.42 bits per heavy atom. The summed E-state index contributed by atoms with van der Waals surface area (Å²) in [5, 5.41) is 11.9. The van der Waals surface area contributed by atoms with E-state index in [-0.39, 0.29) is 34.9 Å². The molecular formula is C28H35F3N6O3. The number of benzene rings is 1. The second-order valence-electron chi connectivity index (χ2n) is 12.3. The highest BCUT2D eigenvalue weighted by molar-refractivity contribution is 5.85. The highest BCUT2D eigenvalue weighted by atomic mass is 19.4. The molecule has 2 amide bonds. The van der Waals surface area contributed by atoms with Crippen LogP contribution in [0.2, 0.25) is 0 Å². The quantitative estimate of drug-likeness (QED) is 0.335. The minimum absolute atomic E-state index is 0.00250. The molecule has 12 heteroatoms. The van der Waals surface area contributed by atoms with Crippen LogP contribution < -0.4 is 21.3 Å². The molecule has 1 aliphatic heterocycles. The van der Waals surface area contributed by atoms with Crippen molar-refractivity contribution >= 4 is 29.3 Å². The van der Waals surface area contributed by atoms with Gasteiger partial charge < -0.3 is 15.4 Å². The molecule has 3 aliphatic rings. The number of hydrogen-bond donors (Lipinski definition) is 4. The molecule has 0 radical (unpaired) electrons. The first-order valence-corrected chi connectivity index (χ1v) is 13.5. The van der Waals surface area contributed by atoms with Crippen molar-refractivity contribution in [3.63, 3.8) is 0 Å². The van der Waals surface area contributed by atoms with Crippen molar-refractivity contribution in [2.45, 2.75) is 89.7 Å². The average molecular weight is 561 g/mol. The topological polar surface area (TPSA) is 127 Å². The minimum atomic E-state index is -4.62. The zero-order valence-electron chi connectivity index (χ0n) is 23.2. The second kappa shape index (κ2) is 9.60. The molecule has 0 bridgehead atoms. The average Bonchev–Trinajstić information content (AvgIpc) is 3.64. The first-order valence-electron chi connectivity index (χ1n) is 13.5. The Balaban J connectivity index is 1.33. The molecule has 2 aliphatic carbocycles. The number of carbonyl (C=O) groups is 2. The predicted molar refractivity (Wildman–Crippen MR) is 143 cm³/mol. The van der Waals surface area contributed by atoms with Gasteiger partial charge in [0, 0.05) is 40.5 Å². The van der Waals surface area contributed by atoms with Gasteiger partial charge in [0.15, 0.2) is 0 Å². The van der Waals surface area contributed by atoms with Crippen molar-refractivity contribution in [1.82, 2.24) is 20.6 Å². The zero-order chi connectivity index (χ0) is 29.1. The van der Waals surface area contributed by atoms with Gasteiger partial charge in [0.1, 0.15) is 5.60 Å². The molecule has 216 valence electrons. The normalized spacial score (nSPS) is 27.1. The van der Waals surface area contributed by atoms with Crippen LogP contribution in [0.25, 0.3) is 0 Å². The number of ether oxygens (including phenoxy) is 1. The van der Waals surface area contributed by atoms with Gasteiger partial charge in [-0.25, -0.2) is 14.8 Å². The van der Waals surface area contributed by atoms with E-state index in [0.29, 0.717) is 17.8 Å². The number of nitrogens with zero attached hydrogens (tertiary/aromatic N) is 2. The van der Waals surface area contributed by atoms with Gasteiger partial charge in [-0.15, -0.1) is 0 Å². The highest BCUT2D eigenvalue weighted by Crippen LogP contribution is 2.78. The maximum absolute atomic E-state index is 14.0. The van der Waals surface area contributed by atoms with Crippen LogP contribution in [0.5, 0.6) is 0 Å². The molecule has 4 N–H and O–H groups in total. The van der Waals surface area contributed by atoms with E-state index in [1.54, 1.807) is 45.0 Å². The summed E-state index contributed by atoms with van der Waals surface area (Å²) in [6.45, 7) is 9.08. The van der Waals surface area contributed by atoms with Crippen molar-refractivity contribution in [2.75, 3.05) is 10.6 Å². The first-order chi connectivity index (χ1) is 18.6. The molecule has 1 saturated heterocycles. The Labute approximate surface area is 231 Å². The van der Waals surface area contributed by atoms with Gasteiger partial charge in [-0.1, -0.05) is 6.42 Å². The van der Waals surface area contributed by atoms with E-state index in [9.17, 15) is 22.8 Å². The molecule has 5 rings (SSSR count). The molecule has 1 aromatic carbocycles. The summed E-state index contributed by atoms with van der Waals surface area (Å²) >= 11 is 0. The number of rotatable bonds is 6. The van der Waals surface area contributed by atoms with Crippen LogP contribution in [0.3, 0.4) is 0 Å². The van der Waals surface area contributed by atoms with Crippen molar-refractivity contribution in [3.8, 4) is 0 Å². The maximum Gasteiger partial charge on any atom is 0.419 e. The van der Waals surface area contributed by atoms with Gasteiger partial charge in [-0.3, -0.25) is 15.4 Å². The monoisotopic (exact) mass is 560 g/mol. The van der Waals surface area contributed by atoms with Gasteiger partial charge >= 0.3 is 12.3 Å². The molecule has 2 spiro atoms. The number of alkyl halides is 3. The third kappa shape index (κ3) is 5.33. The number of anilines is 3. The lowest BCUT2D eigenvalue weighted by Crippen LogP contribution is -2.39. The lowest BCUT2D eigenvalue weighted by molar-refractivity contribution is -0.138. The van der Waals surface area contributed by atoms with Crippen LogP contribution in [-0.4, -0.2) is 39.2 Å². The largest absolute Gasteiger partial charge is 0.444 e. The Kier molecular flexibility index (Phi) is 6.75. The lowest BCUT2D eigenvalue weighted by atomic mass is 9.87. The summed E-state index contributed by atoms with van der Waals surface area (Å²) in [7, 11) is 0. The standard InChI is InChI=1S/C28H35F3N6O3/c1-15(2)33-22(38)18-7-6-12-26(18)14-27(26)21(37-27)20-19(28(29,30)31)13-32-23(36-20)34-16-8-10-17(11-9-16)35-24(39)40-25(3,4)5/h8-11,13,15,18,21,37H,6-7,12,14H2,1-5H3,(H,33,38)(H,35,39)(H,32,34,36)/t18-,21?,26-,27?/m1/s1. The van der Waals surface area contributed by atoms with E-state index >= 15 is 0 Å². The number of nitrogens with one attached hydrogen (secondary N) is 4. The Hall–Kier alpha value is -3.41. The molecule has 2 unspecified atom stereocenters. The lowest BCUT2D eigenvalue weighted by Gasteiger charge is -2.21. The summed E-state index contributed by atoms with van der Waals surface area (Å²) in [6.07, 6.45) is -1.36. The summed E-state index contributed by atoms with van der Waals surface area (Å²) in [4.78, 5) is 33.2. The summed E-state index contributed by atoms with van der Waals surface area (Å²) < 4.78 is 47.2. The predicted octanol–water partition coefficient (Wildman–Crippen LogP) is 5.68. The fourth-order valence-electron chi connectivity index (χ4n) is 6.22. The van der Waals surface area contributed by atoms with E-state index in [1.165, 1.54) is 0 Å². The zero-order valence-corrected chi connectivity index (χ0v) is 23.2. The van der Waals surface area contributed by atoms with E-state index < -0.39 is 35.0 Å². The Bertz CT molecular complexity index is 1310. The van der Waals surface area contributed by atoms with Gasteiger partial charge in [-0.2, -0.15) is 13.2 Å². The fourth-order valence-corrected chi connectivity index (χ4v) is 6.22. The molecule has 40 heavy (non-hydrogen) atoms. The number of halogens is 3. The Morgan fingerprint density at radius 2 is 1.80 bits per heavy atom. The van der Waals surface area contributed by atoms with Gasteiger partial charge in [0.2, 0.25) is 11.9 Å². The maximum atomic E-state index is 14.0. The van der Waals surface area contributed by atoms with Crippen LogP contribution >= 0.6 is 0 Å². The van der Waals surface area contributed by atoms with Crippen LogP contribution in [0, 0.1) is 11.3 Å². The summed E-state index contributed by atoms with van der Waals surface area (Å²) in [5.74, 6) is -0.230. The van der Waals surface area contributed by atoms with Crippen molar-refractivity contribution < 1.29 is 27.5 Å². The van der Waals surface area contributed by atoms with Crippen molar-refractivity contribution in [3.05, 3.63) is 41.7 Å². The smallest absolute Gasteiger partial charge is 0.419 e. The fraction of sp³-hybridized carbons (Fsp3) is 0.571. The van der Waals surface area contributed by atoms with Crippen LogP contribution in [-0.2, 0) is 15.7 Å². The van der Waals surface area contributed by atoms with Gasteiger partial charge in [0.25, 0.3) is 0 Å². The molecule has 2 heterocycles. The van der Waals surface area contributed by atoms with E-state index in [4.69, 9.17) is 4.74 Å². The molecule has 1 aromatic heterocycles. The first kappa shape index (κ1) is 28.1. The van der Waals surface area contributed by atoms with Crippen molar-refractivity contribution in [1.29, 1.82) is 0 Å². The van der Waals surface area contributed by atoms with Crippen LogP contribution in [0.15, 0.2) is 30.5 Å². The van der Waals surface area contributed by atoms with Gasteiger partial charge in [-0.05, 0) is 78.1 Å². The summed E-state index contributed by atoms with van der Waals surface area (Å²) in [6, 6.07) is 5.95. The number of carbonyl (C=O) groups excluding carboxylic acids is 2. The van der Waals surface area contributed by atoms with Gasteiger partial charge in [0.05, 0.1) is 17.3 Å². The number of amides is 2. The number of aromatic nitrogens is 2. The third-order valence-corrected chi connectivity index (χ3v) is 7.88. The van der Waals surface area contributed by atoms with Crippen molar-refractivity contribution in [2.24, 2.45) is 11.3 Å². The highest BCUT2D eigenvalue weighted by Gasteiger charge is 2.84. The summed E-state index contributed by atoms with van der Waals surface area (Å²) in [5.41, 5.74) is -1.52. The number of hydrogen-bond acceptors (Lipinski definition) is 7. The van der Waals surface area contributed by atoms with Crippen LogP contribution in [0.1, 0.15) is 77.6 Å². The molecule has 9 nitrogen and oxygen atoms in total. The molecule has 2 saturated carbocycles. The molecule has 4 atom stereocenters. The molecular weight excluding hydrogens is 525 g/mol.